The first kappa shape index (κ1) is 24.3. The normalized spacial score (nSPS) is 12.8. The van der Waals surface area contributed by atoms with Crippen LogP contribution in [0.5, 0.6) is 0 Å². The Balaban J connectivity index is 2.63. The molecule has 29 heavy (non-hydrogen) atoms. The van der Waals surface area contributed by atoms with Gasteiger partial charge in [0.25, 0.3) is 0 Å². The van der Waals surface area contributed by atoms with Crippen molar-refractivity contribution in [2.24, 2.45) is 0 Å². The highest BCUT2D eigenvalue weighted by Crippen LogP contribution is 2.71. The van der Waals surface area contributed by atoms with Crippen molar-refractivity contribution in [2.75, 3.05) is 26.4 Å². The van der Waals surface area contributed by atoms with Crippen LogP contribution in [0.25, 0.3) is 10.8 Å². The maximum atomic E-state index is 13.7. The number of hydrogen-bond acceptors (Lipinski definition) is 6. The molecule has 0 aliphatic carbocycles. The quantitative estimate of drug-likeness (QED) is 0.347. The van der Waals surface area contributed by atoms with Gasteiger partial charge in [0.15, 0.2) is 5.40 Å². The molecule has 0 atom stereocenters. The van der Waals surface area contributed by atoms with Crippen LogP contribution in [0.4, 0.5) is 0 Å². The van der Waals surface area contributed by atoms with E-state index in [0.717, 1.165) is 21.9 Å². The maximum absolute atomic E-state index is 13.7. The summed E-state index contributed by atoms with van der Waals surface area (Å²) in [6, 6.07) is 12.0. The summed E-state index contributed by atoms with van der Waals surface area (Å²) in [5, 5.41) is 1.05. The molecule has 162 valence electrons. The van der Waals surface area contributed by atoms with Crippen molar-refractivity contribution in [2.45, 2.75) is 46.4 Å². The summed E-state index contributed by atoms with van der Waals surface area (Å²) in [7, 11) is -7.56. The lowest BCUT2D eigenvalue weighted by atomic mass is 9.99. The Bertz CT molecular complexity index is 848. The largest absolute Gasteiger partial charge is 0.346 e. The van der Waals surface area contributed by atoms with E-state index < -0.39 is 20.6 Å². The number of benzene rings is 2. The molecule has 6 nitrogen and oxygen atoms in total. The molecule has 0 unspecified atom stereocenters. The topological polar surface area (TPSA) is 71.1 Å². The fraction of sp³-hybridized carbons (Fsp3) is 0.524. The zero-order chi connectivity index (χ0) is 21.5. The van der Waals surface area contributed by atoms with Gasteiger partial charge in [-0.25, -0.2) is 0 Å². The van der Waals surface area contributed by atoms with Gasteiger partial charge in [-0.15, -0.1) is 0 Å². The number of hydrogen-bond donors (Lipinski definition) is 0. The molecule has 0 aromatic heterocycles. The molecule has 0 saturated heterocycles. The lowest BCUT2D eigenvalue weighted by Gasteiger charge is -2.31. The van der Waals surface area contributed by atoms with Gasteiger partial charge in [0.2, 0.25) is 0 Å². The van der Waals surface area contributed by atoms with E-state index in [-0.39, 0.29) is 32.8 Å². The van der Waals surface area contributed by atoms with Crippen molar-refractivity contribution in [3.63, 3.8) is 0 Å². The van der Waals surface area contributed by atoms with Crippen LogP contribution < -0.4 is 0 Å². The summed E-state index contributed by atoms with van der Waals surface area (Å²) >= 11 is 0. The standard InChI is InChI=1S/C21H32O6P2/c1-6-24-28(22,25-7-2)21(29(23,26-8-3)27-9-4)16-18-15-14-17(5)19-12-10-11-13-20(18)19/h10-15,21H,6-9,16H2,1-5H3. The first-order valence-electron chi connectivity index (χ1n) is 10.1. The highest BCUT2D eigenvalue weighted by Gasteiger charge is 2.50. The molecule has 0 heterocycles. The summed E-state index contributed by atoms with van der Waals surface area (Å²) in [6.45, 7) is 9.64. The van der Waals surface area contributed by atoms with Crippen LogP contribution in [-0.2, 0) is 33.6 Å². The molecule has 0 radical (unpaired) electrons. The van der Waals surface area contributed by atoms with Crippen LogP contribution in [0.1, 0.15) is 38.8 Å². The van der Waals surface area contributed by atoms with Gasteiger partial charge in [0, 0.05) is 0 Å². The molecule has 0 saturated carbocycles. The Kier molecular flexibility index (Phi) is 9.09. The lowest BCUT2D eigenvalue weighted by Crippen LogP contribution is -2.20. The van der Waals surface area contributed by atoms with Gasteiger partial charge in [0.05, 0.1) is 26.4 Å². The molecule has 0 amide bonds. The molecule has 8 heteroatoms. The highest BCUT2D eigenvalue weighted by molar-refractivity contribution is 7.72. The van der Waals surface area contributed by atoms with Gasteiger partial charge >= 0.3 is 15.2 Å². The Morgan fingerprint density at radius 1 is 0.724 bits per heavy atom. The van der Waals surface area contributed by atoms with E-state index in [1.54, 1.807) is 27.7 Å². The third-order valence-electron chi connectivity index (χ3n) is 4.60. The predicted molar refractivity (Wildman–Crippen MR) is 118 cm³/mol. The van der Waals surface area contributed by atoms with E-state index in [9.17, 15) is 9.13 Å². The van der Waals surface area contributed by atoms with Gasteiger partial charge in [-0.1, -0.05) is 36.4 Å². The highest BCUT2D eigenvalue weighted by atomic mass is 31.2. The van der Waals surface area contributed by atoms with E-state index in [4.69, 9.17) is 18.1 Å². The molecule has 0 fully saturated rings. The van der Waals surface area contributed by atoms with Gasteiger partial charge in [-0.05, 0) is 62.9 Å². The smallest absolute Gasteiger partial charge is 0.308 e. The second kappa shape index (κ2) is 10.9. The van der Waals surface area contributed by atoms with E-state index in [1.807, 2.05) is 43.3 Å². The van der Waals surface area contributed by atoms with Crippen LogP contribution in [0.15, 0.2) is 36.4 Å². The van der Waals surface area contributed by atoms with E-state index in [2.05, 4.69) is 0 Å². The zero-order valence-corrected chi connectivity index (χ0v) is 19.7. The summed E-state index contributed by atoms with van der Waals surface area (Å²) in [4.78, 5) is 0. The second-order valence-corrected chi connectivity index (χ2v) is 11.4. The molecule has 2 aromatic carbocycles. The summed E-state index contributed by atoms with van der Waals surface area (Å²) in [5.74, 6) is 0. The number of fused-ring (bicyclic) bond motifs is 1. The van der Waals surface area contributed by atoms with Gasteiger partial charge in [0.1, 0.15) is 0 Å². The van der Waals surface area contributed by atoms with Crippen LogP contribution in [-0.4, -0.2) is 31.8 Å². The molecule has 0 spiro atoms. The van der Waals surface area contributed by atoms with Crippen LogP contribution in [0, 0.1) is 6.92 Å². The van der Waals surface area contributed by atoms with Gasteiger partial charge in [-0.3, -0.25) is 9.13 Å². The molecular formula is C21H32O6P2. The minimum atomic E-state index is -3.78. The van der Waals surface area contributed by atoms with Crippen molar-refractivity contribution in [3.05, 3.63) is 47.5 Å². The summed E-state index contributed by atoms with van der Waals surface area (Å²) in [5.41, 5.74) is 2.03. The Morgan fingerprint density at radius 2 is 1.17 bits per heavy atom. The van der Waals surface area contributed by atoms with Gasteiger partial charge in [-0.2, -0.15) is 0 Å². The number of aryl methyl sites for hydroxylation is 1. The SMILES string of the molecule is CCOP(=O)(OCC)C(Cc1ccc(C)c2ccccc12)P(=O)(OCC)OCC. The average Bonchev–Trinajstić information content (AvgIpc) is 2.68. The van der Waals surface area contributed by atoms with Crippen molar-refractivity contribution < 1.29 is 27.2 Å². The van der Waals surface area contributed by atoms with Crippen LogP contribution >= 0.6 is 15.2 Å². The fourth-order valence-corrected chi connectivity index (χ4v) is 8.73. The zero-order valence-electron chi connectivity index (χ0n) is 17.9. The fourth-order valence-electron chi connectivity index (χ4n) is 3.42. The van der Waals surface area contributed by atoms with Crippen molar-refractivity contribution in [1.29, 1.82) is 0 Å². The molecular weight excluding hydrogens is 410 g/mol. The first-order chi connectivity index (χ1) is 13.8. The van der Waals surface area contributed by atoms with Crippen LogP contribution in [0.3, 0.4) is 0 Å². The summed E-state index contributed by atoms with van der Waals surface area (Å²) < 4.78 is 49.8. The number of rotatable bonds is 12. The lowest BCUT2D eigenvalue weighted by molar-refractivity contribution is 0.195. The monoisotopic (exact) mass is 442 g/mol. The molecule has 2 rings (SSSR count). The van der Waals surface area contributed by atoms with Crippen LogP contribution in [0.2, 0.25) is 0 Å². The molecule has 2 aromatic rings. The Labute approximate surface area is 174 Å². The van der Waals surface area contributed by atoms with Gasteiger partial charge < -0.3 is 18.1 Å². The third-order valence-corrected chi connectivity index (χ3v) is 10.6. The van der Waals surface area contributed by atoms with E-state index in [1.165, 1.54) is 0 Å². The third kappa shape index (κ3) is 5.58. The molecule has 0 N–H and O–H groups in total. The Hall–Kier alpha value is -1.00. The van der Waals surface area contributed by atoms with Crippen molar-refractivity contribution in [3.8, 4) is 0 Å². The predicted octanol–water partition coefficient (Wildman–Crippen LogP) is 6.55. The van der Waals surface area contributed by atoms with E-state index in [0.29, 0.717) is 0 Å². The minimum Gasteiger partial charge on any atom is -0.308 e. The Morgan fingerprint density at radius 3 is 1.62 bits per heavy atom. The molecule has 0 bridgehead atoms. The minimum absolute atomic E-state index is 0.167. The van der Waals surface area contributed by atoms with E-state index >= 15 is 0 Å². The maximum Gasteiger partial charge on any atom is 0.346 e. The van der Waals surface area contributed by atoms with Crippen molar-refractivity contribution in [1.82, 2.24) is 0 Å². The molecule has 0 aliphatic heterocycles. The molecule has 0 aliphatic rings. The van der Waals surface area contributed by atoms with Crippen molar-refractivity contribution >= 4 is 26.0 Å². The average molecular weight is 442 g/mol. The summed E-state index contributed by atoms with van der Waals surface area (Å²) in [6.07, 6.45) is 0.190. The second-order valence-electron chi connectivity index (χ2n) is 6.52. The first-order valence-corrected chi connectivity index (χ1v) is 13.3.